The fraction of sp³-hybridized carbons (Fsp3) is 0.250. The van der Waals surface area contributed by atoms with Gasteiger partial charge in [0.25, 0.3) is 5.91 Å². The molecule has 1 amide bonds. The van der Waals surface area contributed by atoms with Crippen molar-refractivity contribution in [3.8, 4) is 0 Å². The van der Waals surface area contributed by atoms with E-state index >= 15 is 0 Å². The predicted molar refractivity (Wildman–Crippen MR) is 79.2 cm³/mol. The molecule has 1 aliphatic rings. The van der Waals surface area contributed by atoms with Crippen molar-refractivity contribution in [2.45, 2.75) is 19.9 Å². The number of hydrogen-bond acceptors (Lipinski definition) is 3. The topological polar surface area (TPSA) is 37.4 Å². The summed E-state index contributed by atoms with van der Waals surface area (Å²) in [4.78, 5) is 26.9. The van der Waals surface area contributed by atoms with Gasteiger partial charge in [0.15, 0.2) is 5.78 Å². The summed E-state index contributed by atoms with van der Waals surface area (Å²) in [7, 11) is 0. The third kappa shape index (κ3) is 2.39. The summed E-state index contributed by atoms with van der Waals surface area (Å²) < 4.78 is 0. The lowest BCUT2D eigenvalue weighted by Gasteiger charge is -2.28. The Morgan fingerprint density at radius 3 is 2.45 bits per heavy atom. The van der Waals surface area contributed by atoms with E-state index in [0.717, 1.165) is 13.0 Å². The molecule has 0 saturated carbocycles. The van der Waals surface area contributed by atoms with E-state index in [1.807, 2.05) is 17.0 Å². The molecule has 0 aliphatic carbocycles. The van der Waals surface area contributed by atoms with Gasteiger partial charge >= 0.3 is 0 Å². The van der Waals surface area contributed by atoms with Crippen molar-refractivity contribution in [3.05, 3.63) is 57.3 Å². The van der Waals surface area contributed by atoms with Crippen molar-refractivity contribution < 1.29 is 9.59 Å². The highest BCUT2D eigenvalue weighted by molar-refractivity contribution is 7.15. The molecule has 2 heterocycles. The maximum atomic E-state index is 12.5. The number of Topliss-reactive ketones (excluding diaryl/α,β-unsaturated/α-hetero) is 1. The first-order chi connectivity index (χ1) is 9.65. The van der Waals surface area contributed by atoms with Crippen molar-refractivity contribution in [3.63, 3.8) is 0 Å². The molecule has 0 N–H and O–H groups in total. The fourth-order valence-electron chi connectivity index (χ4n) is 2.47. The van der Waals surface area contributed by atoms with E-state index in [2.05, 4.69) is 12.1 Å². The molecule has 1 aromatic carbocycles. The van der Waals surface area contributed by atoms with E-state index in [-0.39, 0.29) is 11.7 Å². The Bertz CT molecular complexity index is 675. The van der Waals surface area contributed by atoms with Gasteiger partial charge in [0, 0.05) is 13.1 Å². The quantitative estimate of drug-likeness (QED) is 0.795. The summed E-state index contributed by atoms with van der Waals surface area (Å²) in [6.45, 7) is 2.92. The van der Waals surface area contributed by atoms with Crippen LogP contribution in [0.4, 0.5) is 0 Å². The lowest BCUT2D eigenvalue weighted by molar-refractivity contribution is 0.0739. The largest absolute Gasteiger partial charge is 0.333 e. The molecule has 1 aliphatic heterocycles. The van der Waals surface area contributed by atoms with Crippen LogP contribution in [-0.4, -0.2) is 23.1 Å². The first kappa shape index (κ1) is 13.1. The zero-order chi connectivity index (χ0) is 14.1. The van der Waals surface area contributed by atoms with Crippen LogP contribution in [0.1, 0.15) is 37.4 Å². The van der Waals surface area contributed by atoms with Crippen LogP contribution in [0, 0.1) is 0 Å². The number of carbonyl (C=O) groups excluding carboxylic acids is 2. The maximum Gasteiger partial charge on any atom is 0.264 e. The van der Waals surface area contributed by atoms with Crippen LogP contribution < -0.4 is 0 Å². The second kappa shape index (κ2) is 5.21. The number of ketones is 1. The zero-order valence-electron chi connectivity index (χ0n) is 11.3. The maximum absolute atomic E-state index is 12.5. The molecule has 4 heteroatoms. The standard InChI is InChI=1S/C16H15NO2S/c1-11(18)14-6-7-15(20-14)16(19)17-9-8-12-4-2-3-5-13(12)10-17/h2-7H,8-10H2,1H3. The average molecular weight is 285 g/mol. The number of amides is 1. The van der Waals surface area contributed by atoms with Crippen molar-refractivity contribution >= 4 is 23.0 Å². The minimum atomic E-state index is 0.0121. The van der Waals surface area contributed by atoms with Gasteiger partial charge in [-0.15, -0.1) is 11.3 Å². The molecular formula is C16H15NO2S. The summed E-state index contributed by atoms with van der Waals surface area (Å²) >= 11 is 1.28. The summed E-state index contributed by atoms with van der Waals surface area (Å²) in [5.41, 5.74) is 2.54. The van der Waals surface area contributed by atoms with E-state index in [9.17, 15) is 9.59 Å². The van der Waals surface area contributed by atoms with Gasteiger partial charge in [0.05, 0.1) is 9.75 Å². The summed E-state index contributed by atoms with van der Waals surface area (Å²) in [6.07, 6.45) is 0.896. The van der Waals surface area contributed by atoms with E-state index in [1.54, 1.807) is 12.1 Å². The van der Waals surface area contributed by atoms with Crippen LogP contribution in [0.2, 0.25) is 0 Å². The molecule has 102 valence electrons. The molecule has 0 spiro atoms. The van der Waals surface area contributed by atoms with Crippen LogP contribution in [0.25, 0.3) is 0 Å². The lowest BCUT2D eigenvalue weighted by Crippen LogP contribution is -2.35. The Morgan fingerprint density at radius 2 is 1.75 bits per heavy atom. The lowest BCUT2D eigenvalue weighted by atomic mass is 10.00. The number of fused-ring (bicyclic) bond motifs is 1. The number of thiophene rings is 1. The van der Waals surface area contributed by atoms with Gasteiger partial charge in [0.2, 0.25) is 0 Å². The van der Waals surface area contributed by atoms with Crippen molar-refractivity contribution in [2.75, 3.05) is 6.54 Å². The average Bonchev–Trinajstić information content (AvgIpc) is 2.96. The molecule has 20 heavy (non-hydrogen) atoms. The second-order valence-corrected chi connectivity index (χ2v) is 6.05. The molecule has 0 atom stereocenters. The Balaban J connectivity index is 1.80. The monoisotopic (exact) mass is 285 g/mol. The van der Waals surface area contributed by atoms with Crippen molar-refractivity contribution in [2.24, 2.45) is 0 Å². The van der Waals surface area contributed by atoms with Crippen LogP contribution >= 0.6 is 11.3 Å². The number of benzene rings is 1. The number of rotatable bonds is 2. The highest BCUT2D eigenvalue weighted by Gasteiger charge is 2.22. The van der Waals surface area contributed by atoms with Crippen LogP contribution in [-0.2, 0) is 13.0 Å². The Labute approximate surface area is 121 Å². The molecular weight excluding hydrogens is 270 g/mol. The normalized spacial score (nSPS) is 13.9. The third-order valence-electron chi connectivity index (χ3n) is 3.58. The summed E-state index contributed by atoms with van der Waals surface area (Å²) in [5.74, 6) is 0.0371. The molecule has 1 aromatic heterocycles. The molecule has 3 nitrogen and oxygen atoms in total. The molecule has 0 bridgehead atoms. The predicted octanol–water partition coefficient (Wildman–Crippen LogP) is 3.15. The van der Waals surface area contributed by atoms with E-state index in [0.29, 0.717) is 16.3 Å². The van der Waals surface area contributed by atoms with Crippen LogP contribution in [0.3, 0.4) is 0 Å². The molecule has 0 radical (unpaired) electrons. The van der Waals surface area contributed by atoms with Gasteiger partial charge in [0.1, 0.15) is 0 Å². The highest BCUT2D eigenvalue weighted by atomic mass is 32.1. The fourth-order valence-corrected chi connectivity index (χ4v) is 3.34. The van der Waals surface area contributed by atoms with Crippen molar-refractivity contribution in [1.29, 1.82) is 0 Å². The molecule has 2 aromatic rings. The Kier molecular flexibility index (Phi) is 3.40. The van der Waals surface area contributed by atoms with Crippen LogP contribution in [0.5, 0.6) is 0 Å². The number of hydrogen-bond donors (Lipinski definition) is 0. The van der Waals surface area contributed by atoms with Gasteiger partial charge in [-0.2, -0.15) is 0 Å². The van der Waals surface area contributed by atoms with Crippen molar-refractivity contribution in [1.82, 2.24) is 4.90 Å². The number of carbonyl (C=O) groups is 2. The molecule has 0 saturated heterocycles. The zero-order valence-corrected chi connectivity index (χ0v) is 12.1. The minimum Gasteiger partial charge on any atom is -0.333 e. The van der Waals surface area contributed by atoms with Gasteiger partial charge in [-0.3, -0.25) is 9.59 Å². The first-order valence-corrected chi connectivity index (χ1v) is 7.43. The molecule has 3 rings (SSSR count). The second-order valence-electron chi connectivity index (χ2n) is 4.97. The van der Waals surface area contributed by atoms with E-state index in [4.69, 9.17) is 0 Å². The Morgan fingerprint density at radius 1 is 1.05 bits per heavy atom. The van der Waals surface area contributed by atoms with E-state index < -0.39 is 0 Å². The molecule has 0 unspecified atom stereocenters. The van der Waals surface area contributed by atoms with E-state index in [1.165, 1.54) is 29.4 Å². The van der Waals surface area contributed by atoms with Gasteiger partial charge in [-0.25, -0.2) is 0 Å². The summed E-state index contributed by atoms with van der Waals surface area (Å²) in [5, 5.41) is 0. The van der Waals surface area contributed by atoms with Gasteiger partial charge < -0.3 is 4.90 Å². The smallest absolute Gasteiger partial charge is 0.264 e. The first-order valence-electron chi connectivity index (χ1n) is 6.62. The highest BCUT2D eigenvalue weighted by Crippen LogP contribution is 2.23. The minimum absolute atomic E-state index is 0.0121. The molecule has 0 fully saturated rings. The van der Waals surface area contributed by atoms with Gasteiger partial charge in [-0.1, -0.05) is 24.3 Å². The third-order valence-corrected chi connectivity index (χ3v) is 4.76. The Hall–Kier alpha value is -1.94. The number of nitrogens with zero attached hydrogens (tertiary/aromatic N) is 1. The SMILES string of the molecule is CC(=O)c1ccc(C(=O)N2CCc3ccccc3C2)s1. The van der Waals surface area contributed by atoms with Gasteiger partial charge in [-0.05, 0) is 36.6 Å². The summed E-state index contributed by atoms with van der Waals surface area (Å²) in [6, 6.07) is 11.7. The van der Waals surface area contributed by atoms with Crippen LogP contribution in [0.15, 0.2) is 36.4 Å².